The van der Waals surface area contributed by atoms with Crippen LogP contribution < -0.4 is 10.6 Å². The molecule has 0 spiro atoms. The first kappa shape index (κ1) is 19.3. The number of rotatable bonds is 6. The van der Waals surface area contributed by atoms with E-state index < -0.39 is 46.7 Å². The topological polar surface area (TPSA) is 71.1 Å². The predicted molar refractivity (Wildman–Crippen MR) is 90.1 cm³/mol. The van der Waals surface area contributed by atoms with Crippen LogP contribution in [0.15, 0.2) is 21.9 Å². The number of thiazole rings is 1. The number of aryl methyl sites for hydroxylation is 1. The fourth-order valence-electron chi connectivity index (χ4n) is 1.72. The third kappa shape index (κ3) is 5.20. The number of anilines is 1. The highest BCUT2D eigenvalue weighted by Gasteiger charge is 2.18. The first-order valence-corrected chi connectivity index (χ1v) is 8.83. The van der Waals surface area contributed by atoms with Gasteiger partial charge in [-0.05, 0) is 26.0 Å². The Hall–Kier alpha value is -2.07. The molecule has 2 N–H and O–H groups in total. The first-order valence-electron chi connectivity index (χ1n) is 7.07. The fourth-order valence-corrected chi connectivity index (χ4v) is 3.73. The zero-order valence-electron chi connectivity index (χ0n) is 13.2. The van der Waals surface area contributed by atoms with Gasteiger partial charge in [-0.3, -0.25) is 9.59 Å². The number of amides is 2. The molecule has 1 aromatic heterocycles. The summed E-state index contributed by atoms with van der Waals surface area (Å²) in [5.41, 5.74) is 0.354. The smallest absolute Gasteiger partial charge is 0.243 e. The van der Waals surface area contributed by atoms with Crippen LogP contribution in [-0.4, -0.2) is 28.6 Å². The van der Waals surface area contributed by atoms with Crippen LogP contribution in [0.3, 0.4) is 0 Å². The third-order valence-corrected chi connectivity index (χ3v) is 5.17. The van der Waals surface area contributed by atoms with Crippen LogP contribution in [-0.2, 0) is 9.59 Å². The number of carbonyl (C=O) groups is 2. The Bertz CT molecular complexity index is 798. The summed E-state index contributed by atoms with van der Waals surface area (Å²) in [4.78, 5) is 27.9. The van der Waals surface area contributed by atoms with E-state index in [9.17, 15) is 22.8 Å². The Morgan fingerprint density at radius 3 is 2.64 bits per heavy atom. The summed E-state index contributed by atoms with van der Waals surface area (Å²) in [6, 6.07) is 1.60. The van der Waals surface area contributed by atoms with Gasteiger partial charge in [-0.15, -0.1) is 11.3 Å². The van der Waals surface area contributed by atoms with Crippen molar-refractivity contribution in [3.05, 3.63) is 40.7 Å². The van der Waals surface area contributed by atoms with E-state index in [1.807, 2.05) is 12.3 Å². The molecule has 134 valence electrons. The fraction of sp³-hybridized carbons (Fsp3) is 0.267. The molecule has 0 saturated carbocycles. The van der Waals surface area contributed by atoms with E-state index >= 15 is 0 Å². The minimum absolute atomic E-state index is 0.404. The third-order valence-electron chi connectivity index (χ3n) is 2.98. The number of hydrogen-bond acceptors (Lipinski definition) is 5. The number of hydrogen-bond donors (Lipinski definition) is 2. The van der Waals surface area contributed by atoms with Crippen LogP contribution in [0.4, 0.5) is 18.9 Å². The molecule has 1 aromatic carbocycles. The summed E-state index contributed by atoms with van der Waals surface area (Å²) < 4.78 is 40.1. The monoisotopic (exact) mass is 389 g/mol. The lowest BCUT2D eigenvalue weighted by Gasteiger charge is -2.11. The van der Waals surface area contributed by atoms with Crippen LogP contribution in [0.2, 0.25) is 0 Å². The molecule has 10 heteroatoms. The number of aromatic nitrogens is 1. The van der Waals surface area contributed by atoms with Gasteiger partial charge in [0.25, 0.3) is 0 Å². The Labute approximate surface area is 150 Å². The first-order chi connectivity index (χ1) is 11.8. The number of nitrogens with zero attached hydrogens (tertiary/aromatic N) is 1. The number of carbonyl (C=O) groups excluding carboxylic acids is 2. The van der Waals surface area contributed by atoms with Crippen molar-refractivity contribution in [1.29, 1.82) is 0 Å². The molecule has 25 heavy (non-hydrogen) atoms. The highest BCUT2D eigenvalue weighted by atomic mass is 32.2. The van der Waals surface area contributed by atoms with Crippen LogP contribution in [0.5, 0.6) is 0 Å². The average Bonchev–Trinajstić information content (AvgIpc) is 2.98. The maximum absolute atomic E-state index is 13.5. The van der Waals surface area contributed by atoms with Gasteiger partial charge in [0.15, 0.2) is 21.8 Å². The molecule has 0 saturated heterocycles. The molecule has 0 aliphatic carbocycles. The molecule has 5 nitrogen and oxygen atoms in total. The van der Waals surface area contributed by atoms with Crippen molar-refractivity contribution < 1.29 is 22.8 Å². The Morgan fingerprint density at radius 1 is 1.28 bits per heavy atom. The van der Waals surface area contributed by atoms with Crippen molar-refractivity contribution in [2.75, 3.05) is 11.9 Å². The van der Waals surface area contributed by atoms with E-state index in [2.05, 4.69) is 15.6 Å². The largest absolute Gasteiger partial charge is 0.346 e. The molecule has 2 aromatic rings. The molecule has 1 atom stereocenters. The molecule has 0 fully saturated rings. The van der Waals surface area contributed by atoms with Crippen molar-refractivity contribution in [3.8, 4) is 0 Å². The van der Waals surface area contributed by atoms with Gasteiger partial charge in [0.1, 0.15) is 0 Å². The maximum Gasteiger partial charge on any atom is 0.243 e. The minimum atomic E-state index is -1.68. The molecule has 0 aliphatic rings. The van der Waals surface area contributed by atoms with Gasteiger partial charge in [-0.1, -0.05) is 11.8 Å². The van der Waals surface area contributed by atoms with Crippen molar-refractivity contribution in [2.24, 2.45) is 0 Å². The van der Waals surface area contributed by atoms with Crippen molar-refractivity contribution in [3.63, 3.8) is 0 Å². The molecule has 2 rings (SSSR count). The number of halogens is 3. The Balaban J connectivity index is 1.85. The summed E-state index contributed by atoms with van der Waals surface area (Å²) in [6.07, 6.45) is 0. The van der Waals surface area contributed by atoms with Crippen LogP contribution in [0.25, 0.3) is 0 Å². The molecular weight excluding hydrogens is 375 g/mol. The zero-order chi connectivity index (χ0) is 18.6. The van der Waals surface area contributed by atoms with Crippen LogP contribution >= 0.6 is 23.1 Å². The van der Waals surface area contributed by atoms with Gasteiger partial charge < -0.3 is 10.6 Å². The van der Waals surface area contributed by atoms with E-state index in [-0.39, 0.29) is 0 Å². The highest BCUT2D eigenvalue weighted by molar-refractivity contribution is 8.02. The molecule has 0 radical (unpaired) electrons. The standard InChI is InChI=1S/C15H14F3N3O2S2/c1-7-6-24-15(20-7)25-8(2)14(23)19-5-11(22)21-10-4-3-9(16)12(17)13(10)18/h3-4,6,8H,5H2,1-2H3,(H,19,23)(H,21,22)/t8-/m0/s1. The van der Waals surface area contributed by atoms with Crippen LogP contribution in [0, 0.1) is 24.4 Å². The molecule has 0 unspecified atom stereocenters. The van der Waals surface area contributed by atoms with Crippen molar-refractivity contribution in [2.45, 2.75) is 23.4 Å². The van der Waals surface area contributed by atoms with E-state index in [1.54, 1.807) is 6.92 Å². The van der Waals surface area contributed by atoms with E-state index in [4.69, 9.17) is 0 Å². The van der Waals surface area contributed by atoms with Crippen LogP contribution in [0.1, 0.15) is 12.6 Å². The van der Waals surface area contributed by atoms with E-state index in [0.29, 0.717) is 6.07 Å². The van der Waals surface area contributed by atoms with Crippen molar-refractivity contribution in [1.82, 2.24) is 10.3 Å². The summed E-state index contributed by atoms with van der Waals surface area (Å²) in [7, 11) is 0. The van der Waals surface area contributed by atoms with Gasteiger partial charge >= 0.3 is 0 Å². The highest BCUT2D eigenvalue weighted by Crippen LogP contribution is 2.26. The average molecular weight is 389 g/mol. The SMILES string of the molecule is Cc1csc(S[C@@H](C)C(=O)NCC(=O)Nc2ccc(F)c(F)c2F)n1. The second kappa shape index (κ2) is 8.34. The van der Waals surface area contributed by atoms with Gasteiger partial charge in [0.05, 0.1) is 17.5 Å². The summed E-state index contributed by atoms with van der Waals surface area (Å²) in [5, 5.41) is 5.83. The number of nitrogens with one attached hydrogen (secondary N) is 2. The summed E-state index contributed by atoms with van der Waals surface area (Å²) >= 11 is 2.66. The number of thioether (sulfide) groups is 1. The van der Waals surface area contributed by atoms with E-state index in [1.165, 1.54) is 23.1 Å². The quantitative estimate of drug-likeness (QED) is 0.588. The predicted octanol–water partition coefficient (Wildman–Crippen LogP) is 3.10. The normalized spacial score (nSPS) is 11.9. The molecule has 1 heterocycles. The Kier molecular flexibility index (Phi) is 6.43. The summed E-state index contributed by atoms with van der Waals surface area (Å²) in [5.74, 6) is -5.69. The summed E-state index contributed by atoms with van der Waals surface area (Å²) in [6.45, 7) is 3.07. The number of benzene rings is 1. The van der Waals surface area contributed by atoms with E-state index in [0.717, 1.165) is 16.1 Å². The molecular formula is C15H14F3N3O2S2. The van der Waals surface area contributed by atoms with Gasteiger partial charge in [0, 0.05) is 11.1 Å². The lowest BCUT2D eigenvalue weighted by molar-refractivity contribution is -0.123. The van der Waals surface area contributed by atoms with Gasteiger partial charge in [0.2, 0.25) is 11.8 Å². The molecule has 0 bridgehead atoms. The van der Waals surface area contributed by atoms with Crippen molar-refractivity contribution >= 4 is 40.6 Å². The van der Waals surface area contributed by atoms with Gasteiger partial charge in [-0.2, -0.15) is 0 Å². The second-order valence-electron chi connectivity index (χ2n) is 5.00. The zero-order valence-corrected chi connectivity index (χ0v) is 14.9. The molecule has 2 amide bonds. The van der Waals surface area contributed by atoms with Gasteiger partial charge in [-0.25, -0.2) is 18.2 Å². The molecule has 0 aliphatic heterocycles. The second-order valence-corrected chi connectivity index (χ2v) is 7.45. The Morgan fingerprint density at radius 2 is 2.00 bits per heavy atom. The lowest BCUT2D eigenvalue weighted by atomic mass is 10.2. The maximum atomic E-state index is 13.5. The minimum Gasteiger partial charge on any atom is -0.346 e. The lowest BCUT2D eigenvalue weighted by Crippen LogP contribution is -2.37.